The number of aryl methyl sites for hydroxylation is 1. The van der Waals surface area contributed by atoms with E-state index >= 15 is 0 Å². The summed E-state index contributed by atoms with van der Waals surface area (Å²) in [5, 5.41) is 5.90. The molecule has 0 radical (unpaired) electrons. The number of benzene rings is 2. The number of carbonyl (C=O) groups excluding carboxylic acids is 1. The fraction of sp³-hybridized carbons (Fsp3) is 0.409. The van der Waals surface area contributed by atoms with E-state index in [9.17, 15) is 4.79 Å². The molecule has 2 rings (SSSR count). The van der Waals surface area contributed by atoms with Crippen LogP contribution in [0.25, 0.3) is 0 Å². The summed E-state index contributed by atoms with van der Waals surface area (Å²) in [5.41, 5.74) is 3.97. The van der Waals surface area contributed by atoms with Gasteiger partial charge in [0.1, 0.15) is 5.75 Å². The van der Waals surface area contributed by atoms with E-state index in [0.29, 0.717) is 36.1 Å². The van der Waals surface area contributed by atoms with E-state index in [4.69, 9.17) is 14.2 Å². The quantitative estimate of drug-likeness (QED) is 0.700. The smallest absolute Gasteiger partial charge is 0.319 e. The summed E-state index contributed by atoms with van der Waals surface area (Å²) in [6.07, 6.45) is 0.599. The molecule has 0 aliphatic heterocycles. The molecule has 0 fully saturated rings. The highest BCUT2D eigenvalue weighted by molar-refractivity contribution is 5.91. The third-order valence-corrected chi connectivity index (χ3v) is 4.63. The van der Waals surface area contributed by atoms with Crippen molar-refractivity contribution in [2.45, 2.75) is 33.1 Å². The van der Waals surface area contributed by atoms with Crippen molar-refractivity contribution in [3.63, 3.8) is 0 Å². The van der Waals surface area contributed by atoms with Crippen molar-refractivity contribution in [1.29, 1.82) is 0 Å². The molecule has 6 nitrogen and oxygen atoms in total. The van der Waals surface area contributed by atoms with E-state index in [2.05, 4.69) is 24.5 Å². The first-order valence-electron chi connectivity index (χ1n) is 9.34. The van der Waals surface area contributed by atoms with Crippen LogP contribution in [-0.4, -0.2) is 33.9 Å². The molecule has 0 saturated heterocycles. The maximum absolute atomic E-state index is 12.4. The number of hydrogen-bond donors (Lipinski definition) is 2. The van der Waals surface area contributed by atoms with Gasteiger partial charge >= 0.3 is 6.03 Å². The molecule has 0 bridgehead atoms. The Labute approximate surface area is 167 Å². The van der Waals surface area contributed by atoms with Crippen molar-refractivity contribution in [2.75, 3.05) is 33.2 Å². The molecule has 0 saturated carbocycles. The highest BCUT2D eigenvalue weighted by atomic mass is 16.5. The number of para-hydroxylation sites is 1. The lowest BCUT2D eigenvalue weighted by Crippen LogP contribution is -2.31. The summed E-state index contributed by atoms with van der Waals surface area (Å²) < 4.78 is 16.1. The van der Waals surface area contributed by atoms with Crippen LogP contribution in [0.3, 0.4) is 0 Å². The highest BCUT2D eigenvalue weighted by Crippen LogP contribution is 2.34. The molecule has 2 aromatic carbocycles. The number of urea groups is 1. The number of ether oxygens (including phenoxy) is 3. The number of amides is 2. The molecule has 152 valence electrons. The lowest BCUT2D eigenvalue weighted by Gasteiger charge is -2.17. The molecule has 6 heteroatoms. The molecule has 0 aromatic heterocycles. The Hall–Kier alpha value is -2.89. The Balaban J connectivity index is 2.03. The first-order valence-corrected chi connectivity index (χ1v) is 9.34. The summed E-state index contributed by atoms with van der Waals surface area (Å²) in [4.78, 5) is 12.4. The Morgan fingerprint density at radius 3 is 2.25 bits per heavy atom. The van der Waals surface area contributed by atoms with Crippen LogP contribution in [0.15, 0.2) is 30.3 Å². The number of hydrogen-bond acceptors (Lipinski definition) is 4. The molecular formula is C22H30N2O4. The number of carbonyl (C=O) groups is 1. The van der Waals surface area contributed by atoms with Crippen LogP contribution >= 0.6 is 0 Å². The molecule has 0 spiro atoms. The van der Waals surface area contributed by atoms with Gasteiger partial charge in [-0.3, -0.25) is 0 Å². The monoisotopic (exact) mass is 386 g/mol. The van der Waals surface area contributed by atoms with Crippen molar-refractivity contribution >= 4 is 11.7 Å². The van der Waals surface area contributed by atoms with Gasteiger partial charge in [0.25, 0.3) is 0 Å². The minimum atomic E-state index is -0.226. The lowest BCUT2D eigenvalue weighted by atomic mass is 9.98. The first-order chi connectivity index (χ1) is 13.4. The second-order valence-corrected chi connectivity index (χ2v) is 6.84. The van der Waals surface area contributed by atoms with Crippen molar-refractivity contribution in [3.05, 3.63) is 47.0 Å². The zero-order valence-electron chi connectivity index (χ0n) is 17.5. The molecule has 0 unspecified atom stereocenters. The maximum Gasteiger partial charge on any atom is 0.319 e. The number of methoxy groups -OCH3 is 3. The number of rotatable bonds is 8. The molecule has 2 amide bonds. The lowest BCUT2D eigenvalue weighted by molar-refractivity contribution is 0.252. The van der Waals surface area contributed by atoms with E-state index in [1.54, 1.807) is 27.4 Å². The summed E-state index contributed by atoms with van der Waals surface area (Å²) in [6, 6.07) is 9.48. The van der Waals surface area contributed by atoms with E-state index in [1.807, 2.05) is 31.2 Å². The average molecular weight is 386 g/mol. The van der Waals surface area contributed by atoms with Crippen molar-refractivity contribution in [3.8, 4) is 17.2 Å². The summed E-state index contributed by atoms with van der Waals surface area (Å²) in [7, 11) is 4.78. The van der Waals surface area contributed by atoms with E-state index in [1.165, 1.54) is 0 Å². The van der Waals surface area contributed by atoms with Gasteiger partial charge in [0.2, 0.25) is 0 Å². The van der Waals surface area contributed by atoms with Crippen LogP contribution < -0.4 is 24.8 Å². The van der Waals surface area contributed by atoms with E-state index < -0.39 is 0 Å². The standard InChI is InChI=1S/C22H30N2O4/c1-14(2)17-9-7-8-15(3)21(17)24-22(25)23-11-10-16-12-19(27-5)20(28-6)13-18(16)26-4/h7-9,12-14H,10-11H2,1-6H3,(H2,23,24,25). The molecule has 2 N–H and O–H groups in total. The topological polar surface area (TPSA) is 68.8 Å². The maximum atomic E-state index is 12.4. The zero-order valence-corrected chi connectivity index (χ0v) is 17.5. The third-order valence-electron chi connectivity index (χ3n) is 4.63. The van der Waals surface area contributed by atoms with Gasteiger partial charge in [0, 0.05) is 18.3 Å². The van der Waals surface area contributed by atoms with Gasteiger partial charge in [-0.05, 0) is 42.0 Å². The van der Waals surface area contributed by atoms with Crippen molar-refractivity contribution in [1.82, 2.24) is 5.32 Å². The fourth-order valence-electron chi connectivity index (χ4n) is 3.10. The Kier molecular flexibility index (Phi) is 7.55. The van der Waals surface area contributed by atoms with E-state index in [0.717, 1.165) is 22.4 Å². The molecule has 0 aliphatic carbocycles. The minimum Gasteiger partial charge on any atom is -0.496 e. The Bertz CT molecular complexity index is 818. The van der Waals surface area contributed by atoms with Crippen molar-refractivity contribution < 1.29 is 19.0 Å². The molecule has 0 aliphatic rings. The summed E-state index contributed by atoms with van der Waals surface area (Å²) in [5.74, 6) is 2.26. The first kappa shape index (κ1) is 21.4. The van der Waals surface area contributed by atoms with Gasteiger partial charge in [-0.1, -0.05) is 32.0 Å². The van der Waals surface area contributed by atoms with Crippen LogP contribution in [0.5, 0.6) is 17.2 Å². The van der Waals surface area contributed by atoms with Crippen molar-refractivity contribution in [2.24, 2.45) is 0 Å². The summed E-state index contributed by atoms with van der Waals surface area (Å²) in [6.45, 7) is 6.68. The van der Waals surface area contributed by atoms with Gasteiger partial charge in [-0.15, -0.1) is 0 Å². The fourth-order valence-corrected chi connectivity index (χ4v) is 3.10. The normalized spacial score (nSPS) is 10.5. The predicted octanol–water partition coefficient (Wildman–Crippen LogP) is 4.51. The van der Waals surface area contributed by atoms with Crippen LogP contribution in [0, 0.1) is 6.92 Å². The second-order valence-electron chi connectivity index (χ2n) is 6.84. The largest absolute Gasteiger partial charge is 0.496 e. The number of nitrogens with one attached hydrogen (secondary N) is 2. The average Bonchev–Trinajstić information content (AvgIpc) is 2.68. The van der Waals surface area contributed by atoms with Crippen LogP contribution in [0.1, 0.15) is 36.5 Å². The highest BCUT2D eigenvalue weighted by Gasteiger charge is 2.14. The zero-order chi connectivity index (χ0) is 20.7. The van der Waals surface area contributed by atoms with Gasteiger partial charge in [0.05, 0.1) is 21.3 Å². The van der Waals surface area contributed by atoms with Crippen LogP contribution in [0.2, 0.25) is 0 Å². The third kappa shape index (κ3) is 5.09. The Morgan fingerprint density at radius 2 is 1.64 bits per heavy atom. The van der Waals surface area contributed by atoms with E-state index in [-0.39, 0.29) is 6.03 Å². The van der Waals surface area contributed by atoms with Crippen LogP contribution in [0.4, 0.5) is 10.5 Å². The van der Waals surface area contributed by atoms with Gasteiger partial charge in [0.15, 0.2) is 11.5 Å². The van der Waals surface area contributed by atoms with Gasteiger partial charge in [-0.2, -0.15) is 0 Å². The molecular weight excluding hydrogens is 356 g/mol. The SMILES string of the molecule is COc1cc(OC)c(OC)cc1CCNC(=O)Nc1c(C)cccc1C(C)C. The Morgan fingerprint density at radius 1 is 1.00 bits per heavy atom. The molecule has 0 atom stereocenters. The second kappa shape index (κ2) is 9.88. The molecule has 28 heavy (non-hydrogen) atoms. The minimum absolute atomic E-state index is 0.226. The van der Waals surface area contributed by atoms with Gasteiger partial charge in [-0.25, -0.2) is 4.79 Å². The molecule has 2 aromatic rings. The molecule has 0 heterocycles. The number of anilines is 1. The van der Waals surface area contributed by atoms with Crippen LogP contribution in [-0.2, 0) is 6.42 Å². The van der Waals surface area contributed by atoms with Gasteiger partial charge < -0.3 is 24.8 Å². The predicted molar refractivity (Wildman–Crippen MR) is 112 cm³/mol. The summed E-state index contributed by atoms with van der Waals surface area (Å²) >= 11 is 0.